The number of rotatable bonds is 4. The molecule has 0 aliphatic carbocycles. The van der Waals surface area contributed by atoms with Gasteiger partial charge in [-0.05, 0) is 24.3 Å². The van der Waals surface area contributed by atoms with Gasteiger partial charge in [0.1, 0.15) is 0 Å². The minimum atomic E-state index is -5.10. The molecule has 0 atom stereocenters. The van der Waals surface area contributed by atoms with Crippen molar-refractivity contribution in [1.29, 1.82) is 0 Å². The van der Waals surface area contributed by atoms with Crippen molar-refractivity contribution in [2.45, 2.75) is 12.4 Å². The molecule has 0 unspecified atom stereocenters. The summed E-state index contributed by atoms with van der Waals surface area (Å²) in [5.41, 5.74) is -3.45. The zero-order valence-electron chi connectivity index (χ0n) is 14.3. The summed E-state index contributed by atoms with van der Waals surface area (Å²) in [6.45, 7) is -0.849. The topological polar surface area (TPSA) is 59.2 Å². The molecule has 0 saturated heterocycles. The van der Waals surface area contributed by atoms with Crippen molar-refractivity contribution in [3.63, 3.8) is 0 Å². The first-order chi connectivity index (χ1) is 13.5. The van der Waals surface area contributed by atoms with Crippen molar-refractivity contribution >= 4 is 22.7 Å². The van der Waals surface area contributed by atoms with Crippen molar-refractivity contribution in [1.82, 2.24) is 4.98 Å². The van der Waals surface area contributed by atoms with E-state index < -0.39 is 47.4 Å². The summed E-state index contributed by atoms with van der Waals surface area (Å²) in [5.74, 6) is -2.14. The lowest BCUT2D eigenvalue weighted by atomic mass is 10.0. The molecule has 0 spiro atoms. The van der Waals surface area contributed by atoms with E-state index in [2.05, 4.69) is 9.72 Å². The molecular formula is C19H11F6NO3. The fourth-order valence-electron chi connectivity index (χ4n) is 2.67. The van der Waals surface area contributed by atoms with Crippen LogP contribution < -0.4 is 0 Å². The zero-order valence-corrected chi connectivity index (χ0v) is 14.3. The minimum Gasteiger partial charge on any atom is -0.454 e. The Morgan fingerprint density at radius 2 is 1.48 bits per heavy atom. The number of aromatic nitrogens is 1. The molecule has 0 saturated carbocycles. The highest BCUT2D eigenvalue weighted by atomic mass is 19.4. The molecule has 0 fully saturated rings. The molecule has 1 heterocycles. The van der Waals surface area contributed by atoms with Crippen LogP contribution in [0.5, 0.6) is 0 Å². The number of halogens is 6. The number of ketones is 1. The summed E-state index contributed by atoms with van der Waals surface area (Å²) < 4.78 is 81.9. The molecule has 3 rings (SSSR count). The number of carbonyl (C=O) groups is 2. The van der Waals surface area contributed by atoms with Gasteiger partial charge < -0.3 is 9.72 Å². The molecule has 1 N–H and O–H groups in total. The molecule has 152 valence electrons. The number of fused-ring (bicyclic) bond motifs is 1. The second-order valence-electron chi connectivity index (χ2n) is 6.04. The van der Waals surface area contributed by atoms with E-state index in [9.17, 15) is 35.9 Å². The average molecular weight is 415 g/mol. The van der Waals surface area contributed by atoms with Crippen molar-refractivity contribution in [3.8, 4) is 0 Å². The maximum absolute atomic E-state index is 12.9. The molecule has 0 bridgehead atoms. The lowest BCUT2D eigenvalue weighted by Crippen LogP contribution is -2.17. The first-order valence-electron chi connectivity index (χ1n) is 8.03. The normalized spacial score (nSPS) is 12.2. The Morgan fingerprint density at radius 3 is 2.07 bits per heavy atom. The van der Waals surface area contributed by atoms with Crippen LogP contribution in [0.25, 0.3) is 10.9 Å². The quantitative estimate of drug-likeness (QED) is 0.360. The van der Waals surface area contributed by atoms with Crippen LogP contribution in [0, 0.1) is 0 Å². The number of ether oxygens (including phenoxy) is 1. The van der Waals surface area contributed by atoms with Crippen LogP contribution in [-0.2, 0) is 17.1 Å². The molecule has 3 aromatic rings. The number of hydrogen-bond acceptors (Lipinski definition) is 3. The fourth-order valence-corrected chi connectivity index (χ4v) is 2.67. The number of para-hydroxylation sites is 1. The van der Waals surface area contributed by atoms with E-state index in [4.69, 9.17) is 0 Å². The number of alkyl halides is 6. The highest BCUT2D eigenvalue weighted by Gasteiger charge is 2.37. The van der Waals surface area contributed by atoms with Crippen molar-refractivity contribution < 1.29 is 40.7 Å². The summed E-state index contributed by atoms with van der Waals surface area (Å²) in [5, 5.41) is 0.534. The van der Waals surface area contributed by atoms with E-state index in [1.807, 2.05) is 0 Å². The molecule has 2 aromatic carbocycles. The third kappa shape index (κ3) is 4.41. The molecule has 0 radical (unpaired) electrons. The number of H-pyrrole nitrogens is 1. The van der Waals surface area contributed by atoms with Crippen LogP contribution in [-0.4, -0.2) is 23.3 Å². The molecule has 1 aromatic heterocycles. The minimum absolute atomic E-state index is 0.103. The van der Waals surface area contributed by atoms with Gasteiger partial charge in [0, 0.05) is 22.7 Å². The molecule has 10 heteroatoms. The van der Waals surface area contributed by atoms with Gasteiger partial charge >= 0.3 is 18.3 Å². The highest BCUT2D eigenvalue weighted by molar-refractivity contribution is 6.09. The smallest absolute Gasteiger partial charge is 0.416 e. The van der Waals surface area contributed by atoms with Gasteiger partial charge in [0.05, 0.1) is 16.7 Å². The van der Waals surface area contributed by atoms with Crippen molar-refractivity contribution in [2.75, 3.05) is 6.61 Å². The zero-order chi connectivity index (χ0) is 21.4. The summed E-state index contributed by atoms with van der Waals surface area (Å²) in [6.07, 6.45) is -8.83. The Bertz CT molecular complexity index is 1050. The summed E-state index contributed by atoms with van der Waals surface area (Å²) in [6, 6.07) is 7.09. The van der Waals surface area contributed by atoms with E-state index in [1.54, 1.807) is 24.3 Å². The molecule has 0 amide bonds. The molecule has 29 heavy (non-hydrogen) atoms. The van der Waals surface area contributed by atoms with Gasteiger partial charge in [-0.1, -0.05) is 18.2 Å². The van der Waals surface area contributed by atoms with Crippen LogP contribution in [0.4, 0.5) is 26.3 Å². The summed E-state index contributed by atoms with van der Waals surface area (Å²) >= 11 is 0. The van der Waals surface area contributed by atoms with Crippen LogP contribution in [0.1, 0.15) is 31.8 Å². The van der Waals surface area contributed by atoms with Crippen molar-refractivity contribution in [3.05, 3.63) is 70.9 Å². The second kappa shape index (κ2) is 7.26. The largest absolute Gasteiger partial charge is 0.454 e. The Balaban J connectivity index is 1.82. The van der Waals surface area contributed by atoms with Gasteiger partial charge in [-0.15, -0.1) is 0 Å². The van der Waals surface area contributed by atoms with Gasteiger partial charge in [0.25, 0.3) is 0 Å². The molecule has 0 aliphatic heterocycles. The van der Waals surface area contributed by atoms with Crippen LogP contribution in [0.15, 0.2) is 48.7 Å². The van der Waals surface area contributed by atoms with Gasteiger partial charge in [-0.3, -0.25) is 4.79 Å². The Hall–Kier alpha value is -3.30. The SMILES string of the molecule is O=C(OCC(=O)c1c[nH]c2ccccc12)c1cc(C(F)(F)F)cc(C(F)(F)F)c1. The monoisotopic (exact) mass is 415 g/mol. The number of esters is 1. The summed E-state index contributed by atoms with van der Waals surface area (Å²) in [4.78, 5) is 27.1. The predicted molar refractivity (Wildman–Crippen MR) is 89.4 cm³/mol. The first-order valence-corrected chi connectivity index (χ1v) is 8.03. The van der Waals surface area contributed by atoms with Crippen LogP contribution >= 0.6 is 0 Å². The van der Waals surface area contributed by atoms with Gasteiger partial charge in [0.2, 0.25) is 5.78 Å². The van der Waals surface area contributed by atoms with Crippen LogP contribution in [0.2, 0.25) is 0 Å². The third-order valence-corrected chi connectivity index (χ3v) is 4.05. The first kappa shape index (κ1) is 20.4. The average Bonchev–Trinajstić information content (AvgIpc) is 3.08. The molecular weight excluding hydrogens is 404 g/mol. The van der Waals surface area contributed by atoms with E-state index in [0.29, 0.717) is 10.9 Å². The summed E-state index contributed by atoms with van der Waals surface area (Å²) in [7, 11) is 0. The number of nitrogens with one attached hydrogen (secondary N) is 1. The maximum atomic E-state index is 12.9. The maximum Gasteiger partial charge on any atom is 0.416 e. The lowest BCUT2D eigenvalue weighted by molar-refractivity contribution is -0.143. The van der Waals surface area contributed by atoms with E-state index in [0.717, 1.165) is 0 Å². The molecule has 4 nitrogen and oxygen atoms in total. The van der Waals surface area contributed by atoms with Gasteiger partial charge in [-0.2, -0.15) is 26.3 Å². The van der Waals surface area contributed by atoms with E-state index in [-0.39, 0.29) is 23.8 Å². The van der Waals surface area contributed by atoms with Crippen molar-refractivity contribution in [2.24, 2.45) is 0 Å². The standard InChI is InChI=1S/C19H11F6NO3/c20-18(21,22)11-5-10(6-12(7-11)19(23,24)25)17(28)29-9-16(27)14-8-26-15-4-2-1-3-13(14)15/h1-8,26H,9H2. The highest BCUT2D eigenvalue weighted by Crippen LogP contribution is 2.36. The predicted octanol–water partition coefficient (Wildman–Crippen LogP) is 5.25. The Morgan fingerprint density at radius 1 is 0.897 bits per heavy atom. The number of carbonyl (C=O) groups excluding carboxylic acids is 2. The Labute approximate surface area is 159 Å². The van der Waals surface area contributed by atoms with Crippen LogP contribution in [0.3, 0.4) is 0 Å². The van der Waals surface area contributed by atoms with E-state index in [1.165, 1.54) is 6.20 Å². The molecule has 0 aliphatic rings. The van der Waals surface area contributed by atoms with Gasteiger partial charge in [0.15, 0.2) is 6.61 Å². The number of benzene rings is 2. The number of hydrogen-bond donors (Lipinski definition) is 1. The number of Topliss-reactive ketones (excluding diaryl/α,β-unsaturated/α-hetero) is 1. The number of aromatic amines is 1. The van der Waals surface area contributed by atoms with Gasteiger partial charge in [-0.25, -0.2) is 4.79 Å². The Kier molecular flexibility index (Phi) is 5.12. The second-order valence-corrected chi connectivity index (χ2v) is 6.04. The lowest BCUT2D eigenvalue weighted by Gasteiger charge is -2.13. The fraction of sp³-hybridized carbons (Fsp3) is 0.158. The third-order valence-electron chi connectivity index (χ3n) is 4.05. The van der Waals surface area contributed by atoms with E-state index >= 15 is 0 Å².